The van der Waals surface area contributed by atoms with Gasteiger partial charge in [-0.1, -0.05) is 19.1 Å². The molecule has 2 aromatic heterocycles. The number of aryl methyl sites for hydroxylation is 3. The minimum Gasteiger partial charge on any atom is -0.399 e. The van der Waals surface area contributed by atoms with Crippen LogP contribution in [0.5, 0.6) is 0 Å². The molecule has 0 bridgehead atoms. The Morgan fingerprint density at radius 1 is 1.10 bits per heavy atom. The average molecular weight is 280 g/mol. The zero-order valence-corrected chi connectivity index (χ0v) is 12.3. The molecule has 1 aromatic carbocycles. The lowest BCUT2D eigenvalue weighted by Gasteiger charge is -2.08. The molecular weight excluding hydrogens is 260 g/mol. The van der Waals surface area contributed by atoms with Crippen molar-refractivity contribution in [1.29, 1.82) is 0 Å². The van der Waals surface area contributed by atoms with E-state index in [1.807, 2.05) is 30.6 Å². The summed E-state index contributed by atoms with van der Waals surface area (Å²) in [5.41, 5.74) is 9.99. The summed E-state index contributed by atoms with van der Waals surface area (Å²) in [4.78, 5) is 8.91. The predicted octanol–water partition coefficient (Wildman–Crippen LogP) is 3.21. The van der Waals surface area contributed by atoms with Gasteiger partial charge in [-0.3, -0.25) is 4.98 Å². The smallest absolute Gasteiger partial charge is 0.110 e. The summed E-state index contributed by atoms with van der Waals surface area (Å²) in [6, 6.07) is 10.1. The Morgan fingerprint density at radius 2 is 1.90 bits per heavy atom. The van der Waals surface area contributed by atoms with Crippen LogP contribution in [0.2, 0.25) is 0 Å². The number of hydrogen-bond donors (Lipinski definition) is 1. The van der Waals surface area contributed by atoms with E-state index in [4.69, 9.17) is 10.7 Å². The van der Waals surface area contributed by atoms with Crippen molar-refractivity contribution < 1.29 is 0 Å². The number of nitrogens with zero attached hydrogens (tertiary/aromatic N) is 3. The molecule has 3 rings (SSSR count). The third kappa shape index (κ3) is 2.89. The van der Waals surface area contributed by atoms with Gasteiger partial charge < -0.3 is 10.3 Å². The fraction of sp³-hybridized carbons (Fsp3) is 0.294. The van der Waals surface area contributed by atoms with E-state index in [1.165, 1.54) is 11.1 Å². The lowest BCUT2D eigenvalue weighted by Crippen LogP contribution is -2.05. The number of rotatable bonds is 5. The summed E-state index contributed by atoms with van der Waals surface area (Å²) in [5.74, 6) is 1.14. The van der Waals surface area contributed by atoms with Gasteiger partial charge in [0.2, 0.25) is 0 Å². The van der Waals surface area contributed by atoms with Gasteiger partial charge in [-0.2, -0.15) is 0 Å². The predicted molar refractivity (Wildman–Crippen MR) is 86.1 cm³/mol. The summed E-state index contributed by atoms with van der Waals surface area (Å²) in [5, 5.41) is 0. The van der Waals surface area contributed by atoms with Crippen molar-refractivity contribution in [2.24, 2.45) is 0 Å². The van der Waals surface area contributed by atoms with Crippen LogP contribution < -0.4 is 5.73 Å². The number of anilines is 1. The molecule has 4 heteroatoms. The van der Waals surface area contributed by atoms with Gasteiger partial charge in [0.05, 0.1) is 11.7 Å². The topological polar surface area (TPSA) is 56.7 Å². The molecule has 0 saturated carbocycles. The molecule has 2 heterocycles. The number of pyridine rings is 1. The highest BCUT2D eigenvalue weighted by molar-refractivity contribution is 5.74. The zero-order valence-electron chi connectivity index (χ0n) is 12.3. The van der Waals surface area contributed by atoms with Gasteiger partial charge in [-0.25, -0.2) is 4.98 Å². The van der Waals surface area contributed by atoms with E-state index in [9.17, 15) is 0 Å². The van der Waals surface area contributed by atoms with Crippen LogP contribution >= 0.6 is 0 Å². The van der Waals surface area contributed by atoms with Gasteiger partial charge >= 0.3 is 0 Å². The summed E-state index contributed by atoms with van der Waals surface area (Å²) in [6.45, 7) is 3.19. The fourth-order valence-corrected chi connectivity index (χ4v) is 2.64. The van der Waals surface area contributed by atoms with Crippen LogP contribution in [0, 0.1) is 0 Å². The van der Waals surface area contributed by atoms with Crippen LogP contribution in [-0.2, 0) is 19.4 Å². The van der Waals surface area contributed by atoms with Crippen molar-refractivity contribution in [3.63, 3.8) is 0 Å². The van der Waals surface area contributed by atoms with Gasteiger partial charge in [0, 0.05) is 24.8 Å². The maximum absolute atomic E-state index is 5.73. The van der Waals surface area contributed by atoms with E-state index < -0.39 is 0 Å². The van der Waals surface area contributed by atoms with Crippen LogP contribution in [0.25, 0.3) is 11.0 Å². The molecule has 0 radical (unpaired) electrons. The molecule has 21 heavy (non-hydrogen) atoms. The summed E-state index contributed by atoms with van der Waals surface area (Å²) in [6.07, 6.45) is 6.68. The fourth-order valence-electron chi connectivity index (χ4n) is 2.64. The van der Waals surface area contributed by atoms with Crippen molar-refractivity contribution in [1.82, 2.24) is 14.5 Å². The average Bonchev–Trinajstić information content (AvgIpc) is 2.85. The van der Waals surface area contributed by atoms with Crippen molar-refractivity contribution >= 4 is 16.7 Å². The zero-order chi connectivity index (χ0) is 14.7. The van der Waals surface area contributed by atoms with Gasteiger partial charge in [-0.15, -0.1) is 0 Å². The largest absolute Gasteiger partial charge is 0.399 e. The first kappa shape index (κ1) is 13.6. The quantitative estimate of drug-likeness (QED) is 0.730. The molecule has 0 spiro atoms. The summed E-state index contributed by atoms with van der Waals surface area (Å²) >= 11 is 0. The Balaban J connectivity index is 1.85. The highest BCUT2D eigenvalue weighted by Gasteiger charge is 2.10. The molecule has 3 aromatic rings. The standard InChI is InChI=1S/C17H20N4/c1-2-11-21-16-9-10-19-12-15(16)20-17(21)8-5-13-3-6-14(18)7-4-13/h3-4,6-7,9-10,12H,2,5,8,11,18H2,1H3. The normalized spacial score (nSPS) is 11.1. The Bertz CT molecular complexity index is 728. The molecule has 2 N–H and O–H groups in total. The third-order valence-corrected chi connectivity index (χ3v) is 3.69. The van der Waals surface area contributed by atoms with Crippen molar-refractivity contribution in [2.45, 2.75) is 32.7 Å². The van der Waals surface area contributed by atoms with E-state index in [2.05, 4.69) is 28.6 Å². The minimum absolute atomic E-state index is 0.808. The SMILES string of the molecule is CCCn1c(CCc2ccc(N)cc2)nc2cnccc21. The van der Waals surface area contributed by atoms with E-state index in [0.717, 1.165) is 42.8 Å². The first-order chi connectivity index (χ1) is 10.3. The number of nitrogen functional groups attached to an aromatic ring is 1. The van der Waals surface area contributed by atoms with E-state index in [0.29, 0.717) is 0 Å². The lowest BCUT2D eigenvalue weighted by atomic mass is 10.1. The second-order valence-corrected chi connectivity index (χ2v) is 5.29. The number of imidazole rings is 1. The highest BCUT2D eigenvalue weighted by Crippen LogP contribution is 2.17. The number of fused-ring (bicyclic) bond motifs is 1. The Labute approximate surface area is 124 Å². The van der Waals surface area contributed by atoms with Crippen molar-refractivity contribution in [3.8, 4) is 0 Å². The second kappa shape index (κ2) is 5.95. The number of nitrogens with two attached hydrogens (primary N) is 1. The lowest BCUT2D eigenvalue weighted by molar-refractivity contribution is 0.650. The first-order valence-electron chi connectivity index (χ1n) is 7.41. The molecule has 0 aliphatic rings. The molecule has 4 nitrogen and oxygen atoms in total. The Morgan fingerprint density at radius 3 is 2.67 bits per heavy atom. The Hall–Kier alpha value is -2.36. The van der Waals surface area contributed by atoms with E-state index in [1.54, 1.807) is 0 Å². The molecule has 0 aliphatic carbocycles. The Kier molecular flexibility index (Phi) is 3.86. The third-order valence-electron chi connectivity index (χ3n) is 3.69. The molecule has 108 valence electrons. The molecular formula is C17H20N4. The summed E-state index contributed by atoms with van der Waals surface area (Å²) in [7, 11) is 0. The van der Waals surface area contributed by atoms with Crippen LogP contribution in [0.3, 0.4) is 0 Å². The highest BCUT2D eigenvalue weighted by atomic mass is 15.1. The van der Waals surface area contributed by atoms with Gasteiger partial charge in [0.15, 0.2) is 0 Å². The van der Waals surface area contributed by atoms with Crippen LogP contribution in [0.15, 0.2) is 42.7 Å². The van der Waals surface area contributed by atoms with Gasteiger partial charge in [-0.05, 0) is 36.6 Å². The second-order valence-electron chi connectivity index (χ2n) is 5.29. The summed E-state index contributed by atoms with van der Waals surface area (Å²) < 4.78 is 2.31. The molecule has 0 atom stereocenters. The number of aromatic nitrogens is 3. The van der Waals surface area contributed by atoms with Crippen LogP contribution in [0.1, 0.15) is 24.7 Å². The molecule has 0 aliphatic heterocycles. The maximum atomic E-state index is 5.73. The molecule has 0 amide bonds. The van der Waals surface area contributed by atoms with E-state index >= 15 is 0 Å². The molecule has 0 fully saturated rings. The number of benzene rings is 1. The van der Waals surface area contributed by atoms with Gasteiger partial charge in [0.1, 0.15) is 11.3 Å². The van der Waals surface area contributed by atoms with Crippen molar-refractivity contribution in [3.05, 3.63) is 54.1 Å². The monoisotopic (exact) mass is 280 g/mol. The maximum Gasteiger partial charge on any atom is 0.110 e. The van der Waals surface area contributed by atoms with E-state index in [-0.39, 0.29) is 0 Å². The van der Waals surface area contributed by atoms with Crippen LogP contribution in [0.4, 0.5) is 5.69 Å². The minimum atomic E-state index is 0.808. The van der Waals surface area contributed by atoms with Crippen LogP contribution in [-0.4, -0.2) is 14.5 Å². The number of hydrogen-bond acceptors (Lipinski definition) is 3. The van der Waals surface area contributed by atoms with Gasteiger partial charge in [0.25, 0.3) is 0 Å². The first-order valence-corrected chi connectivity index (χ1v) is 7.41. The molecule has 0 saturated heterocycles. The molecule has 0 unspecified atom stereocenters. The van der Waals surface area contributed by atoms with Crippen molar-refractivity contribution in [2.75, 3.05) is 5.73 Å².